The monoisotopic (exact) mass is 289 g/mol. The number of aliphatic hydroxyl groups excluding tert-OH is 1. The van der Waals surface area contributed by atoms with Crippen molar-refractivity contribution in [3.05, 3.63) is 35.9 Å². The maximum absolute atomic E-state index is 12.1. The Morgan fingerprint density at radius 2 is 2.10 bits per heavy atom. The third-order valence-corrected chi connectivity index (χ3v) is 3.38. The molecule has 114 valence electrons. The van der Waals surface area contributed by atoms with Crippen LogP contribution in [0.5, 0.6) is 5.75 Å². The smallest absolute Gasteiger partial charge is 0.246 e. The lowest BCUT2D eigenvalue weighted by atomic mass is 10.2. The molecule has 4 nitrogen and oxygen atoms in total. The molecule has 1 aliphatic rings. The summed E-state index contributed by atoms with van der Waals surface area (Å²) in [6, 6.07) is 8.00. The Balaban J connectivity index is 1.91. The van der Waals surface area contributed by atoms with Gasteiger partial charge in [0.2, 0.25) is 5.91 Å². The van der Waals surface area contributed by atoms with Crippen LogP contribution >= 0.6 is 0 Å². The molecule has 21 heavy (non-hydrogen) atoms. The van der Waals surface area contributed by atoms with E-state index in [9.17, 15) is 4.79 Å². The SMILES string of the molecule is CCCOc1ccc(/C=C/C(=O)N(CCO)C2CC2)cc1. The van der Waals surface area contributed by atoms with Crippen molar-refractivity contribution in [1.29, 1.82) is 0 Å². The van der Waals surface area contributed by atoms with Gasteiger partial charge in [0.25, 0.3) is 0 Å². The summed E-state index contributed by atoms with van der Waals surface area (Å²) in [5, 5.41) is 9.02. The van der Waals surface area contributed by atoms with Crippen LogP contribution in [0.4, 0.5) is 0 Å². The number of amides is 1. The van der Waals surface area contributed by atoms with Crippen molar-refractivity contribution in [2.45, 2.75) is 32.2 Å². The molecule has 0 unspecified atom stereocenters. The molecule has 0 saturated heterocycles. The van der Waals surface area contributed by atoms with E-state index < -0.39 is 0 Å². The van der Waals surface area contributed by atoms with E-state index in [-0.39, 0.29) is 12.5 Å². The van der Waals surface area contributed by atoms with Gasteiger partial charge >= 0.3 is 0 Å². The minimum Gasteiger partial charge on any atom is -0.494 e. The quantitative estimate of drug-likeness (QED) is 0.748. The first-order valence-corrected chi connectivity index (χ1v) is 7.57. The lowest BCUT2D eigenvalue weighted by Crippen LogP contribution is -2.34. The molecule has 1 amide bonds. The highest BCUT2D eigenvalue weighted by atomic mass is 16.5. The zero-order chi connectivity index (χ0) is 15.1. The van der Waals surface area contributed by atoms with Crippen LogP contribution in [0.1, 0.15) is 31.7 Å². The highest BCUT2D eigenvalue weighted by molar-refractivity contribution is 5.92. The second-order valence-electron chi connectivity index (χ2n) is 5.24. The standard InChI is InChI=1S/C17H23NO3/c1-2-13-21-16-8-3-14(4-9-16)5-10-17(20)18(11-12-19)15-6-7-15/h3-5,8-10,15,19H,2,6-7,11-13H2,1H3/b10-5+. The highest BCUT2D eigenvalue weighted by Crippen LogP contribution is 2.26. The van der Waals surface area contributed by atoms with E-state index in [1.807, 2.05) is 24.3 Å². The van der Waals surface area contributed by atoms with Crippen molar-refractivity contribution in [2.24, 2.45) is 0 Å². The molecule has 0 atom stereocenters. The van der Waals surface area contributed by atoms with Gasteiger partial charge < -0.3 is 14.7 Å². The molecule has 2 rings (SSSR count). The number of hydrogen-bond donors (Lipinski definition) is 1. The summed E-state index contributed by atoms with van der Waals surface area (Å²) >= 11 is 0. The van der Waals surface area contributed by atoms with E-state index in [2.05, 4.69) is 6.92 Å². The summed E-state index contributed by atoms with van der Waals surface area (Å²) < 4.78 is 5.52. The first kappa shape index (κ1) is 15.6. The average Bonchev–Trinajstić information content (AvgIpc) is 3.34. The zero-order valence-electron chi connectivity index (χ0n) is 12.5. The lowest BCUT2D eigenvalue weighted by molar-refractivity contribution is -0.127. The van der Waals surface area contributed by atoms with E-state index in [4.69, 9.17) is 9.84 Å². The largest absolute Gasteiger partial charge is 0.494 e. The Morgan fingerprint density at radius 3 is 2.67 bits per heavy atom. The topological polar surface area (TPSA) is 49.8 Å². The second-order valence-corrected chi connectivity index (χ2v) is 5.24. The Hall–Kier alpha value is -1.81. The number of hydrogen-bond acceptors (Lipinski definition) is 3. The van der Waals surface area contributed by atoms with E-state index in [1.54, 1.807) is 17.1 Å². The maximum Gasteiger partial charge on any atom is 0.246 e. The number of aliphatic hydroxyl groups is 1. The van der Waals surface area contributed by atoms with Crippen LogP contribution in [-0.2, 0) is 4.79 Å². The van der Waals surface area contributed by atoms with Gasteiger partial charge in [0.15, 0.2) is 0 Å². The normalized spacial score (nSPS) is 14.4. The van der Waals surface area contributed by atoms with Crippen molar-refractivity contribution in [2.75, 3.05) is 19.8 Å². The predicted molar refractivity (Wildman–Crippen MR) is 83.1 cm³/mol. The molecule has 1 N–H and O–H groups in total. The molecule has 0 spiro atoms. The van der Waals surface area contributed by atoms with E-state index in [0.29, 0.717) is 19.2 Å². The van der Waals surface area contributed by atoms with Gasteiger partial charge in [-0.15, -0.1) is 0 Å². The van der Waals surface area contributed by atoms with Gasteiger partial charge in [-0.1, -0.05) is 19.1 Å². The summed E-state index contributed by atoms with van der Waals surface area (Å²) in [5.74, 6) is 0.818. The Labute approximate surface area is 126 Å². The van der Waals surface area contributed by atoms with Crippen molar-refractivity contribution in [3.63, 3.8) is 0 Å². The molecule has 0 heterocycles. The molecule has 1 aromatic rings. The Bertz CT molecular complexity index is 477. The molecule has 1 saturated carbocycles. The third kappa shape index (κ3) is 4.90. The van der Waals surface area contributed by atoms with Gasteiger partial charge in [0.1, 0.15) is 5.75 Å². The molecule has 1 fully saturated rings. The van der Waals surface area contributed by atoms with Crippen molar-refractivity contribution >= 4 is 12.0 Å². The minimum absolute atomic E-state index is 0.0134. The van der Waals surface area contributed by atoms with Gasteiger partial charge in [0, 0.05) is 18.7 Å². The van der Waals surface area contributed by atoms with E-state index >= 15 is 0 Å². The molecular weight excluding hydrogens is 266 g/mol. The van der Waals surface area contributed by atoms with Crippen LogP contribution in [-0.4, -0.2) is 41.7 Å². The fourth-order valence-electron chi connectivity index (χ4n) is 2.12. The number of carbonyl (C=O) groups is 1. The Kier molecular flexibility index (Phi) is 5.81. The molecule has 0 bridgehead atoms. The van der Waals surface area contributed by atoms with E-state index in [0.717, 1.165) is 30.6 Å². The highest BCUT2D eigenvalue weighted by Gasteiger charge is 2.30. The molecule has 0 aliphatic heterocycles. The summed E-state index contributed by atoms with van der Waals surface area (Å²) in [4.78, 5) is 13.8. The summed E-state index contributed by atoms with van der Waals surface area (Å²) in [6.07, 6.45) is 6.46. The summed E-state index contributed by atoms with van der Waals surface area (Å²) in [6.45, 7) is 3.21. The third-order valence-electron chi connectivity index (χ3n) is 3.38. The molecular formula is C17H23NO3. The number of nitrogens with zero attached hydrogens (tertiary/aromatic N) is 1. The van der Waals surface area contributed by atoms with Crippen LogP contribution in [0.3, 0.4) is 0 Å². The van der Waals surface area contributed by atoms with Gasteiger partial charge in [-0.2, -0.15) is 0 Å². The van der Waals surface area contributed by atoms with Crippen molar-refractivity contribution in [3.8, 4) is 5.75 Å². The first-order valence-electron chi connectivity index (χ1n) is 7.57. The minimum atomic E-state index is -0.0298. The lowest BCUT2D eigenvalue weighted by Gasteiger charge is -2.19. The fraction of sp³-hybridized carbons (Fsp3) is 0.471. The van der Waals surface area contributed by atoms with Gasteiger partial charge in [0.05, 0.1) is 13.2 Å². The molecule has 1 aromatic carbocycles. The van der Waals surface area contributed by atoms with Crippen LogP contribution < -0.4 is 4.74 Å². The van der Waals surface area contributed by atoms with E-state index in [1.165, 1.54) is 0 Å². The number of carbonyl (C=O) groups excluding carboxylic acids is 1. The first-order chi connectivity index (χ1) is 10.2. The predicted octanol–water partition coefficient (Wildman–Crippen LogP) is 2.47. The maximum atomic E-state index is 12.1. The van der Waals surface area contributed by atoms with Crippen LogP contribution in [0.25, 0.3) is 6.08 Å². The van der Waals surface area contributed by atoms with Crippen LogP contribution in [0.15, 0.2) is 30.3 Å². The van der Waals surface area contributed by atoms with Gasteiger partial charge in [-0.3, -0.25) is 4.79 Å². The van der Waals surface area contributed by atoms with Crippen molar-refractivity contribution in [1.82, 2.24) is 4.90 Å². The molecule has 1 aliphatic carbocycles. The average molecular weight is 289 g/mol. The zero-order valence-corrected chi connectivity index (χ0v) is 12.5. The number of ether oxygens (including phenoxy) is 1. The summed E-state index contributed by atoms with van der Waals surface area (Å²) in [7, 11) is 0. The number of rotatable bonds is 8. The fourth-order valence-corrected chi connectivity index (χ4v) is 2.12. The van der Waals surface area contributed by atoms with Gasteiger partial charge in [-0.25, -0.2) is 0 Å². The number of benzene rings is 1. The Morgan fingerprint density at radius 1 is 1.38 bits per heavy atom. The molecule has 0 radical (unpaired) electrons. The molecule has 4 heteroatoms. The van der Waals surface area contributed by atoms with Crippen molar-refractivity contribution < 1.29 is 14.6 Å². The second kappa shape index (κ2) is 7.84. The van der Waals surface area contributed by atoms with Crippen LogP contribution in [0, 0.1) is 0 Å². The summed E-state index contributed by atoms with van der Waals surface area (Å²) in [5.41, 5.74) is 0.965. The molecule has 0 aromatic heterocycles. The van der Waals surface area contributed by atoms with Crippen LogP contribution in [0.2, 0.25) is 0 Å². The van der Waals surface area contributed by atoms with Gasteiger partial charge in [-0.05, 0) is 43.0 Å².